The number of hydrogen-bond donors (Lipinski definition) is 1. The van der Waals surface area contributed by atoms with Crippen LogP contribution in [0.2, 0.25) is 0 Å². The summed E-state index contributed by atoms with van der Waals surface area (Å²) in [5, 5.41) is 7.42. The number of pyridine rings is 1. The number of carbonyl (C=O) groups excluding carboxylic acids is 1. The fourth-order valence-electron chi connectivity index (χ4n) is 3.33. The van der Waals surface area contributed by atoms with Gasteiger partial charge in [0.15, 0.2) is 17.3 Å². The largest absolute Gasteiger partial charge is 0.496 e. The number of benzene rings is 1. The number of carbonyl (C=O) groups is 1. The number of nitrogens with zero attached hydrogens (tertiary/aromatic N) is 2. The lowest BCUT2D eigenvalue weighted by molar-refractivity contribution is 0.0952. The molecule has 4 aromatic rings. The molecule has 0 aliphatic carbocycles. The Morgan fingerprint density at radius 2 is 1.81 bits per heavy atom. The van der Waals surface area contributed by atoms with Gasteiger partial charge in [0, 0.05) is 18.2 Å². The summed E-state index contributed by atoms with van der Waals surface area (Å²) in [5.41, 5.74) is 2.42. The van der Waals surface area contributed by atoms with Gasteiger partial charge >= 0.3 is 0 Å². The molecule has 3 heterocycles. The molecule has 0 aliphatic rings. The molecule has 0 fully saturated rings. The summed E-state index contributed by atoms with van der Waals surface area (Å²) in [6.45, 7) is 1.96. The molecule has 31 heavy (non-hydrogen) atoms. The number of amides is 1. The summed E-state index contributed by atoms with van der Waals surface area (Å²) >= 11 is 0. The molecule has 0 atom stereocenters. The number of rotatable bonds is 7. The van der Waals surface area contributed by atoms with Crippen LogP contribution in [0.4, 0.5) is 0 Å². The molecule has 1 amide bonds. The number of methoxy groups -OCH3 is 3. The van der Waals surface area contributed by atoms with E-state index in [9.17, 15) is 4.79 Å². The summed E-state index contributed by atoms with van der Waals surface area (Å²) in [5.74, 6) is 1.84. The highest BCUT2D eigenvalue weighted by Crippen LogP contribution is 2.34. The van der Waals surface area contributed by atoms with Crippen molar-refractivity contribution in [1.82, 2.24) is 15.5 Å². The van der Waals surface area contributed by atoms with Gasteiger partial charge in [0.05, 0.1) is 44.2 Å². The molecule has 9 nitrogen and oxygen atoms in total. The topological polar surface area (TPSA) is 109 Å². The summed E-state index contributed by atoms with van der Waals surface area (Å²) in [4.78, 5) is 17.6. The van der Waals surface area contributed by atoms with Gasteiger partial charge in [-0.25, -0.2) is 4.98 Å². The Morgan fingerprint density at radius 1 is 1.06 bits per heavy atom. The van der Waals surface area contributed by atoms with Crippen molar-refractivity contribution >= 4 is 17.0 Å². The number of furan rings is 1. The predicted octanol–water partition coefficient (Wildman–Crippen LogP) is 3.75. The van der Waals surface area contributed by atoms with Crippen molar-refractivity contribution in [3.05, 3.63) is 53.4 Å². The van der Waals surface area contributed by atoms with Gasteiger partial charge in [0.1, 0.15) is 11.4 Å². The van der Waals surface area contributed by atoms with Crippen LogP contribution in [-0.2, 0) is 6.54 Å². The second kappa shape index (κ2) is 8.39. The SMILES string of the molecule is COc1cc(OC)c(OC)cc1CNC(=O)c1cc(-c2ccco2)nc2onc(C)c12. The van der Waals surface area contributed by atoms with Gasteiger partial charge in [-0.05, 0) is 31.2 Å². The number of hydrogen-bond acceptors (Lipinski definition) is 8. The molecule has 0 radical (unpaired) electrons. The van der Waals surface area contributed by atoms with E-state index in [1.807, 2.05) is 0 Å². The summed E-state index contributed by atoms with van der Waals surface area (Å²) in [6.07, 6.45) is 1.54. The van der Waals surface area contributed by atoms with Gasteiger partial charge < -0.3 is 28.5 Å². The zero-order chi connectivity index (χ0) is 22.0. The maximum absolute atomic E-state index is 13.1. The minimum atomic E-state index is -0.316. The number of aryl methyl sites for hydroxylation is 1. The maximum atomic E-state index is 13.1. The lowest BCUT2D eigenvalue weighted by Gasteiger charge is -2.15. The average molecular weight is 423 g/mol. The second-order valence-corrected chi connectivity index (χ2v) is 6.68. The molecule has 1 N–H and O–H groups in total. The number of ether oxygens (including phenoxy) is 3. The van der Waals surface area contributed by atoms with Crippen LogP contribution in [0, 0.1) is 6.92 Å². The van der Waals surface area contributed by atoms with Crippen LogP contribution in [0.1, 0.15) is 21.6 Å². The highest BCUT2D eigenvalue weighted by atomic mass is 16.5. The normalized spacial score (nSPS) is 10.8. The molecule has 0 bridgehead atoms. The molecule has 4 rings (SSSR count). The molecule has 0 saturated heterocycles. The molecule has 0 spiro atoms. The Hall–Kier alpha value is -4.01. The Labute approximate surface area is 177 Å². The molecule has 9 heteroatoms. The van der Waals surface area contributed by atoms with Gasteiger partial charge in [-0.1, -0.05) is 5.16 Å². The van der Waals surface area contributed by atoms with E-state index in [-0.39, 0.29) is 18.2 Å². The maximum Gasteiger partial charge on any atom is 0.259 e. The number of aromatic nitrogens is 2. The molecule has 1 aromatic carbocycles. The first kappa shape index (κ1) is 20.3. The third kappa shape index (κ3) is 3.77. The van der Waals surface area contributed by atoms with Crippen LogP contribution in [-0.4, -0.2) is 37.4 Å². The third-order valence-corrected chi connectivity index (χ3v) is 4.86. The van der Waals surface area contributed by atoms with E-state index in [4.69, 9.17) is 23.2 Å². The molecule has 0 saturated carbocycles. The van der Waals surface area contributed by atoms with Crippen molar-refractivity contribution in [3.8, 4) is 28.7 Å². The fraction of sp³-hybridized carbons (Fsp3) is 0.227. The average Bonchev–Trinajstić information content (AvgIpc) is 3.46. The Bertz CT molecular complexity index is 1230. The Morgan fingerprint density at radius 3 is 2.48 bits per heavy atom. The second-order valence-electron chi connectivity index (χ2n) is 6.68. The van der Waals surface area contributed by atoms with Crippen molar-refractivity contribution in [2.45, 2.75) is 13.5 Å². The van der Waals surface area contributed by atoms with E-state index in [1.54, 1.807) is 58.6 Å². The lowest BCUT2D eigenvalue weighted by Crippen LogP contribution is -2.23. The van der Waals surface area contributed by atoms with Crippen molar-refractivity contribution in [2.75, 3.05) is 21.3 Å². The highest BCUT2D eigenvalue weighted by molar-refractivity contribution is 6.06. The van der Waals surface area contributed by atoms with Crippen molar-refractivity contribution in [2.24, 2.45) is 0 Å². The standard InChI is InChI=1S/C22H21N3O6/c1-12-20-14(9-15(16-6-5-7-30-16)24-22(20)31-25-12)21(26)23-11-13-8-18(28-3)19(29-4)10-17(13)27-2/h5-10H,11H2,1-4H3,(H,23,26). The van der Waals surface area contributed by atoms with Crippen LogP contribution in [0.15, 0.2) is 45.5 Å². The third-order valence-electron chi connectivity index (χ3n) is 4.86. The van der Waals surface area contributed by atoms with E-state index in [1.165, 1.54) is 6.26 Å². The van der Waals surface area contributed by atoms with Crippen molar-refractivity contribution in [3.63, 3.8) is 0 Å². The van der Waals surface area contributed by atoms with Gasteiger partial charge in [-0.3, -0.25) is 4.79 Å². The number of fused-ring (bicyclic) bond motifs is 1. The molecule has 0 aliphatic heterocycles. The number of nitrogens with one attached hydrogen (secondary N) is 1. The van der Waals surface area contributed by atoms with Gasteiger partial charge in [0.25, 0.3) is 11.6 Å². The summed E-state index contributed by atoms with van der Waals surface area (Å²) in [7, 11) is 4.64. The van der Waals surface area contributed by atoms with E-state index in [0.717, 1.165) is 5.56 Å². The lowest BCUT2D eigenvalue weighted by atomic mass is 10.1. The minimum Gasteiger partial charge on any atom is -0.496 e. The van der Waals surface area contributed by atoms with E-state index < -0.39 is 0 Å². The molecular formula is C22H21N3O6. The van der Waals surface area contributed by atoms with Gasteiger partial charge in [-0.2, -0.15) is 0 Å². The highest BCUT2D eigenvalue weighted by Gasteiger charge is 2.21. The fourth-order valence-corrected chi connectivity index (χ4v) is 3.33. The first-order valence-corrected chi connectivity index (χ1v) is 9.43. The van der Waals surface area contributed by atoms with Gasteiger partial charge in [-0.15, -0.1) is 0 Å². The molecular weight excluding hydrogens is 402 g/mol. The Balaban J connectivity index is 1.67. The summed E-state index contributed by atoms with van der Waals surface area (Å²) < 4.78 is 26.8. The smallest absolute Gasteiger partial charge is 0.259 e. The zero-order valence-electron chi connectivity index (χ0n) is 17.5. The van der Waals surface area contributed by atoms with E-state index in [2.05, 4.69) is 15.5 Å². The van der Waals surface area contributed by atoms with Crippen LogP contribution in [0.5, 0.6) is 17.2 Å². The van der Waals surface area contributed by atoms with E-state index in [0.29, 0.717) is 45.3 Å². The van der Waals surface area contributed by atoms with Crippen molar-refractivity contribution < 1.29 is 27.9 Å². The molecule has 3 aromatic heterocycles. The van der Waals surface area contributed by atoms with Crippen LogP contribution >= 0.6 is 0 Å². The van der Waals surface area contributed by atoms with Crippen LogP contribution in [0.3, 0.4) is 0 Å². The van der Waals surface area contributed by atoms with Crippen LogP contribution < -0.4 is 19.5 Å². The van der Waals surface area contributed by atoms with Crippen molar-refractivity contribution in [1.29, 1.82) is 0 Å². The zero-order valence-corrected chi connectivity index (χ0v) is 17.5. The van der Waals surface area contributed by atoms with E-state index >= 15 is 0 Å². The first-order chi connectivity index (χ1) is 15.0. The first-order valence-electron chi connectivity index (χ1n) is 9.43. The van der Waals surface area contributed by atoms with Crippen LogP contribution in [0.25, 0.3) is 22.6 Å². The molecule has 160 valence electrons. The summed E-state index contributed by atoms with van der Waals surface area (Å²) in [6, 6.07) is 8.64. The molecule has 0 unspecified atom stereocenters. The van der Waals surface area contributed by atoms with Gasteiger partial charge in [0.2, 0.25) is 0 Å². The predicted molar refractivity (Wildman–Crippen MR) is 112 cm³/mol. The Kier molecular flexibility index (Phi) is 5.48. The monoisotopic (exact) mass is 423 g/mol. The quantitative estimate of drug-likeness (QED) is 0.479. The minimum absolute atomic E-state index is 0.201.